The molecule has 0 bridgehead atoms. The summed E-state index contributed by atoms with van der Waals surface area (Å²) in [5.41, 5.74) is -0.144. The molecule has 0 saturated heterocycles. The maximum atomic E-state index is 11.0. The Labute approximate surface area is 177 Å². The molecule has 0 rings (SSSR count). The molecule has 0 aliphatic rings. The van der Waals surface area contributed by atoms with Gasteiger partial charge in [-0.2, -0.15) is 0 Å². The molecule has 29 heavy (non-hydrogen) atoms. The molecule has 0 aliphatic heterocycles. The van der Waals surface area contributed by atoms with E-state index in [4.69, 9.17) is 14.9 Å². The van der Waals surface area contributed by atoms with Gasteiger partial charge in [0.15, 0.2) is 0 Å². The van der Waals surface area contributed by atoms with Crippen molar-refractivity contribution in [3.05, 3.63) is 11.3 Å². The lowest BCUT2D eigenvalue weighted by molar-refractivity contribution is -0.132. The molecule has 0 radical (unpaired) electrons. The van der Waals surface area contributed by atoms with Gasteiger partial charge in [0, 0.05) is 6.42 Å². The van der Waals surface area contributed by atoms with Crippen LogP contribution in [0.2, 0.25) is 0 Å². The van der Waals surface area contributed by atoms with E-state index in [9.17, 15) is 9.36 Å². The maximum absolute atomic E-state index is 11.0. The van der Waals surface area contributed by atoms with Crippen LogP contribution >= 0.6 is 7.82 Å². The first-order valence-electron chi connectivity index (χ1n) is 11.5. The standard InChI is InChI=1S/C22H43O6P/c1-3-4-5-6-7-8-9-10-11-12-13-14-15-16-17-18-19-21(20(2)22(23)24)28-29(25,26)27/h3-19H2,1-2H3,(H,23,24)(H2,25,26,27). The topological polar surface area (TPSA) is 104 Å². The fraction of sp³-hybridized carbons (Fsp3) is 0.864. The molecule has 0 aliphatic carbocycles. The predicted octanol–water partition coefficient (Wildman–Crippen LogP) is 7.11. The third kappa shape index (κ3) is 18.9. The van der Waals surface area contributed by atoms with Crippen LogP contribution in [0.4, 0.5) is 0 Å². The van der Waals surface area contributed by atoms with Crippen LogP contribution in [0.15, 0.2) is 11.3 Å². The molecular weight excluding hydrogens is 391 g/mol. The summed E-state index contributed by atoms with van der Waals surface area (Å²) < 4.78 is 15.5. The van der Waals surface area contributed by atoms with Crippen LogP contribution in [0.1, 0.15) is 123 Å². The number of carboxylic acid groups (broad SMARTS) is 1. The number of unbranched alkanes of at least 4 members (excludes halogenated alkanes) is 15. The number of aliphatic carboxylic acids is 1. The van der Waals surface area contributed by atoms with E-state index in [-0.39, 0.29) is 17.8 Å². The summed E-state index contributed by atoms with van der Waals surface area (Å²) in [5, 5.41) is 8.99. The molecule has 0 amide bonds. The van der Waals surface area contributed by atoms with Crippen molar-refractivity contribution in [3.8, 4) is 0 Å². The lowest BCUT2D eigenvalue weighted by Crippen LogP contribution is -2.04. The van der Waals surface area contributed by atoms with E-state index in [1.807, 2.05) is 0 Å². The van der Waals surface area contributed by atoms with Crippen LogP contribution < -0.4 is 0 Å². The summed E-state index contributed by atoms with van der Waals surface area (Å²) in [7, 11) is -4.73. The lowest BCUT2D eigenvalue weighted by atomic mass is 10.0. The molecule has 0 heterocycles. The Morgan fingerprint density at radius 3 is 1.38 bits per heavy atom. The largest absolute Gasteiger partial charge is 0.524 e. The second-order valence-electron chi connectivity index (χ2n) is 7.99. The Morgan fingerprint density at radius 2 is 1.07 bits per heavy atom. The van der Waals surface area contributed by atoms with E-state index in [0.29, 0.717) is 6.42 Å². The SMILES string of the molecule is CCCCCCCCCCCCCCCCCCC(OP(=O)(O)O)=C(C)C(=O)O. The zero-order chi connectivity index (χ0) is 22.0. The molecule has 0 spiro atoms. The molecule has 6 nitrogen and oxygen atoms in total. The number of phosphoric acid groups is 1. The van der Waals surface area contributed by atoms with E-state index in [1.165, 1.54) is 84.0 Å². The first kappa shape index (κ1) is 28.2. The van der Waals surface area contributed by atoms with Crippen LogP contribution in [-0.4, -0.2) is 20.9 Å². The Bertz CT molecular complexity index is 498. The van der Waals surface area contributed by atoms with Gasteiger partial charge in [-0.25, -0.2) is 9.36 Å². The van der Waals surface area contributed by atoms with Gasteiger partial charge in [-0.3, -0.25) is 9.79 Å². The predicted molar refractivity (Wildman–Crippen MR) is 118 cm³/mol. The highest BCUT2D eigenvalue weighted by Crippen LogP contribution is 2.41. The van der Waals surface area contributed by atoms with Gasteiger partial charge in [0.05, 0.1) is 5.57 Å². The van der Waals surface area contributed by atoms with Gasteiger partial charge in [-0.1, -0.05) is 103 Å². The minimum absolute atomic E-state index is 0.115. The van der Waals surface area contributed by atoms with Gasteiger partial charge in [-0.05, 0) is 13.3 Å². The van der Waals surface area contributed by atoms with Crippen molar-refractivity contribution in [2.75, 3.05) is 0 Å². The van der Waals surface area contributed by atoms with E-state index in [1.54, 1.807) is 0 Å². The molecule has 7 heteroatoms. The van der Waals surface area contributed by atoms with Crippen LogP contribution in [0.3, 0.4) is 0 Å². The zero-order valence-corrected chi connectivity index (χ0v) is 19.4. The molecule has 0 saturated carbocycles. The summed E-state index contributed by atoms with van der Waals surface area (Å²) >= 11 is 0. The fourth-order valence-electron chi connectivity index (χ4n) is 3.40. The summed E-state index contributed by atoms with van der Waals surface area (Å²) in [6, 6.07) is 0. The molecule has 172 valence electrons. The highest BCUT2D eigenvalue weighted by Gasteiger charge is 2.21. The molecule has 0 aromatic carbocycles. The minimum Gasteiger partial charge on any atom is -0.478 e. The molecule has 0 atom stereocenters. The van der Waals surface area contributed by atoms with Gasteiger partial charge in [0.25, 0.3) is 0 Å². The summed E-state index contributed by atoms with van der Waals surface area (Å²) in [6.45, 7) is 3.56. The van der Waals surface area contributed by atoms with Gasteiger partial charge >= 0.3 is 13.8 Å². The summed E-state index contributed by atoms with van der Waals surface area (Å²) in [4.78, 5) is 28.8. The van der Waals surface area contributed by atoms with E-state index in [2.05, 4.69) is 11.4 Å². The molecular formula is C22H43O6P. The zero-order valence-electron chi connectivity index (χ0n) is 18.5. The van der Waals surface area contributed by atoms with Gasteiger partial charge in [0.2, 0.25) is 0 Å². The smallest absolute Gasteiger partial charge is 0.478 e. The third-order valence-electron chi connectivity index (χ3n) is 5.23. The second kappa shape index (κ2) is 18.0. The molecule has 0 fully saturated rings. The van der Waals surface area contributed by atoms with Crippen molar-refractivity contribution in [2.45, 2.75) is 123 Å². The van der Waals surface area contributed by atoms with Crippen molar-refractivity contribution in [3.63, 3.8) is 0 Å². The monoisotopic (exact) mass is 434 g/mol. The first-order valence-corrected chi connectivity index (χ1v) is 13.0. The highest BCUT2D eigenvalue weighted by molar-refractivity contribution is 7.46. The number of hydrogen-bond acceptors (Lipinski definition) is 3. The van der Waals surface area contributed by atoms with Gasteiger partial charge in [0.1, 0.15) is 5.76 Å². The average Bonchev–Trinajstić information content (AvgIpc) is 2.65. The Kier molecular flexibility index (Phi) is 17.5. The normalized spacial score (nSPS) is 12.7. The first-order chi connectivity index (χ1) is 13.8. The molecule has 0 aromatic heterocycles. The van der Waals surface area contributed by atoms with Crippen molar-refractivity contribution >= 4 is 13.8 Å². The van der Waals surface area contributed by atoms with Gasteiger partial charge < -0.3 is 9.63 Å². The number of carbonyl (C=O) groups is 1. The van der Waals surface area contributed by atoms with Crippen LogP contribution in [-0.2, 0) is 13.9 Å². The number of carboxylic acids is 1. The van der Waals surface area contributed by atoms with Crippen molar-refractivity contribution in [1.29, 1.82) is 0 Å². The van der Waals surface area contributed by atoms with Crippen molar-refractivity contribution in [1.82, 2.24) is 0 Å². The quantitative estimate of drug-likeness (QED) is 0.0816. The average molecular weight is 435 g/mol. The van der Waals surface area contributed by atoms with Crippen molar-refractivity contribution in [2.24, 2.45) is 0 Å². The van der Waals surface area contributed by atoms with Crippen LogP contribution in [0, 0.1) is 0 Å². The minimum atomic E-state index is -4.73. The lowest BCUT2D eigenvalue weighted by Gasteiger charge is -2.12. The Balaban J connectivity index is 3.61. The van der Waals surface area contributed by atoms with Crippen molar-refractivity contribution < 1.29 is 28.8 Å². The summed E-state index contributed by atoms with van der Waals surface area (Å²) in [5.74, 6) is -1.33. The molecule has 0 aromatic rings. The number of phosphoric ester groups is 1. The molecule has 0 unspecified atom stereocenters. The van der Waals surface area contributed by atoms with E-state index in [0.717, 1.165) is 19.3 Å². The van der Waals surface area contributed by atoms with Crippen LogP contribution in [0.25, 0.3) is 0 Å². The second-order valence-corrected chi connectivity index (χ2v) is 9.15. The Morgan fingerprint density at radius 1 is 0.724 bits per heavy atom. The maximum Gasteiger partial charge on any atom is 0.524 e. The fourth-order valence-corrected chi connectivity index (χ4v) is 3.91. The highest BCUT2D eigenvalue weighted by atomic mass is 31.2. The number of rotatable bonds is 20. The summed E-state index contributed by atoms with van der Waals surface area (Å²) in [6.07, 6.45) is 20.1. The number of allylic oxidation sites excluding steroid dienone is 1. The molecule has 3 N–H and O–H groups in total. The third-order valence-corrected chi connectivity index (χ3v) is 5.68. The number of hydrogen-bond donors (Lipinski definition) is 3. The van der Waals surface area contributed by atoms with Gasteiger partial charge in [-0.15, -0.1) is 0 Å². The van der Waals surface area contributed by atoms with E-state index >= 15 is 0 Å². The Hall–Kier alpha value is -0.840. The van der Waals surface area contributed by atoms with E-state index < -0.39 is 13.8 Å². The van der Waals surface area contributed by atoms with Crippen LogP contribution in [0.5, 0.6) is 0 Å².